The van der Waals surface area contributed by atoms with E-state index in [1.807, 2.05) is 26.0 Å². The van der Waals surface area contributed by atoms with Crippen LogP contribution in [0.25, 0.3) is 0 Å². The molecule has 2 aromatic rings. The van der Waals surface area contributed by atoms with E-state index >= 15 is 0 Å². The average Bonchev–Trinajstić information content (AvgIpc) is 3.58. The SMILES string of the molecule is C=C1NN=C(COC)N1c1cc(Nc2ncc(F)c(N[C@@H]3C[C@@H]4CCCN4C(C)(C)C3)n2)ccc1OCOC.CC.[HH].[HH]. The van der Waals surface area contributed by atoms with E-state index in [4.69, 9.17) is 14.2 Å². The lowest BCUT2D eigenvalue weighted by Crippen LogP contribution is -2.55. The summed E-state index contributed by atoms with van der Waals surface area (Å²) in [5, 5.41) is 10.9. The second-order valence-electron chi connectivity index (χ2n) is 10.7. The third kappa shape index (κ3) is 6.88. The van der Waals surface area contributed by atoms with Crippen molar-refractivity contribution in [2.24, 2.45) is 5.10 Å². The predicted octanol–water partition coefficient (Wildman–Crippen LogP) is 5.52. The number of amidine groups is 1. The maximum Gasteiger partial charge on any atom is 0.229 e. The first-order valence-corrected chi connectivity index (χ1v) is 14.2. The molecule has 5 rings (SSSR count). The molecule has 1 aromatic heterocycles. The van der Waals surface area contributed by atoms with E-state index in [1.54, 1.807) is 25.2 Å². The van der Waals surface area contributed by atoms with E-state index in [1.165, 1.54) is 19.0 Å². The molecule has 3 N–H and O–H groups in total. The highest BCUT2D eigenvalue weighted by Crippen LogP contribution is 2.39. The van der Waals surface area contributed by atoms with Crippen molar-refractivity contribution in [3.63, 3.8) is 0 Å². The van der Waals surface area contributed by atoms with Gasteiger partial charge in [0.25, 0.3) is 0 Å². The van der Waals surface area contributed by atoms with Crippen LogP contribution in [-0.4, -0.2) is 72.5 Å². The third-order valence-corrected chi connectivity index (χ3v) is 7.45. The Hall–Kier alpha value is -3.48. The number of aromatic nitrogens is 2. The van der Waals surface area contributed by atoms with Gasteiger partial charge < -0.3 is 24.8 Å². The third-order valence-electron chi connectivity index (χ3n) is 7.45. The van der Waals surface area contributed by atoms with Crippen LogP contribution in [0, 0.1) is 5.82 Å². The molecule has 2 atom stereocenters. The van der Waals surface area contributed by atoms with Crippen molar-refractivity contribution >= 4 is 29.0 Å². The van der Waals surface area contributed by atoms with Crippen molar-refractivity contribution in [3.05, 3.63) is 42.6 Å². The zero-order valence-corrected chi connectivity index (χ0v) is 25.0. The van der Waals surface area contributed by atoms with Gasteiger partial charge in [-0.3, -0.25) is 15.2 Å². The minimum Gasteiger partial charge on any atom is -0.465 e. The summed E-state index contributed by atoms with van der Waals surface area (Å²) in [6.07, 6.45) is 5.48. The first kappa shape index (κ1) is 30.5. The fraction of sp³-hybridized carbons (Fsp3) is 0.552. The van der Waals surface area contributed by atoms with Gasteiger partial charge in [-0.05, 0) is 64.3 Å². The van der Waals surface area contributed by atoms with Crippen molar-refractivity contribution in [2.45, 2.75) is 71.0 Å². The monoisotopic (exact) mass is 574 g/mol. The number of methoxy groups -OCH3 is 2. The summed E-state index contributed by atoms with van der Waals surface area (Å²) < 4.78 is 31.0. The summed E-state index contributed by atoms with van der Waals surface area (Å²) in [4.78, 5) is 13.1. The molecule has 12 heteroatoms. The van der Waals surface area contributed by atoms with Crippen LogP contribution in [0.3, 0.4) is 0 Å². The number of halogens is 1. The van der Waals surface area contributed by atoms with Crippen LogP contribution in [0.1, 0.15) is 56.2 Å². The molecule has 228 valence electrons. The molecule has 0 bridgehead atoms. The number of anilines is 4. The first-order valence-electron chi connectivity index (χ1n) is 14.2. The predicted molar refractivity (Wildman–Crippen MR) is 164 cm³/mol. The first-order chi connectivity index (χ1) is 19.8. The Bertz CT molecular complexity index is 1250. The summed E-state index contributed by atoms with van der Waals surface area (Å²) in [7, 11) is 3.15. The molecule has 0 aliphatic carbocycles. The van der Waals surface area contributed by atoms with E-state index < -0.39 is 5.82 Å². The quantitative estimate of drug-likeness (QED) is 0.314. The number of benzene rings is 1. The highest BCUT2D eigenvalue weighted by molar-refractivity contribution is 6.04. The minimum absolute atomic E-state index is 0. The van der Waals surface area contributed by atoms with Crippen molar-refractivity contribution < 1.29 is 21.5 Å². The molecule has 0 radical (unpaired) electrons. The Kier molecular flexibility index (Phi) is 10.0. The zero-order chi connectivity index (χ0) is 29.6. The van der Waals surface area contributed by atoms with Gasteiger partial charge in [-0.1, -0.05) is 20.4 Å². The number of hydrogen-bond donors (Lipinski definition) is 3. The van der Waals surface area contributed by atoms with Crippen LogP contribution >= 0.6 is 0 Å². The molecule has 11 nitrogen and oxygen atoms in total. The molecule has 4 heterocycles. The van der Waals surface area contributed by atoms with Gasteiger partial charge >= 0.3 is 0 Å². The van der Waals surface area contributed by atoms with Crippen LogP contribution in [0.15, 0.2) is 41.9 Å². The van der Waals surface area contributed by atoms with Gasteiger partial charge in [0.1, 0.15) is 18.2 Å². The fourth-order valence-electron chi connectivity index (χ4n) is 5.88. The van der Waals surface area contributed by atoms with E-state index in [9.17, 15) is 4.39 Å². The Balaban J connectivity index is 0.00000158. The Morgan fingerprint density at radius 1 is 1.24 bits per heavy atom. The molecule has 0 amide bonds. The number of hydrogen-bond acceptors (Lipinski definition) is 11. The van der Waals surface area contributed by atoms with Gasteiger partial charge in [0.05, 0.1) is 11.9 Å². The number of ether oxygens (including phenoxy) is 3. The van der Waals surface area contributed by atoms with Crippen LogP contribution in [-0.2, 0) is 9.47 Å². The number of rotatable bonds is 10. The Morgan fingerprint density at radius 2 is 2.05 bits per heavy atom. The lowest BCUT2D eigenvalue weighted by molar-refractivity contribution is 0.0500. The number of hydrazone groups is 1. The number of nitrogens with one attached hydrogen (secondary N) is 3. The Labute approximate surface area is 245 Å². The Morgan fingerprint density at radius 3 is 2.80 bits per heavy atom. The molecule has 0 spiro atoms. The largest absolute Gasteiger partial charge is 0.465 e. The number of nitrogens with zero attached hydrogens (tertiary/aromatic N) is 5. The van der Waals surface area contributed by atoms with Gasteiger partial charge in [0.15, 0.2) is 24.3 Å². The normalized spacial score (nSPS) is 21.4. The van der Waals surface area contributed by atoms with E-state index in [-0.39, 0.29) is 39.6 Å². The standard InChI is InChI=1S/C27H37FN8O3.C2H6.2H2/c1-17-33-34-24(15-37-4)36(17)22-12-18(8-9-23(22)39-16-38-5)31-26-29-14-21(28)25(32-26)30-19-11-20-7-6-10-35(20)27(2,3)13-19;1-2;;/h8-9,12,14,19-20,33H,1,6-7,10-11,13,15-16H2,2-5H3,(H2,29,30,31,32);1-2H3;2*1H/t19-,20+;;;/m1.../s1. The molecular formula is C29H47FN8O3. The maximum absolute atomic E-state index is 14.8. The van der Waals surface area contributed by atoms with Crippen LogP contribution in [0.5, 0.6) is 5.75 Å². The van der Waals surface area contributed by atoms with Gasteiger partial charge in [0, 0.05) is 40.4 Å². The fourth-order valence-corrected chi connectivity index (χ4v) is 5.88. The molecule has 3 aliphatic rings. The van der Waals surface area contributed by atoms with Crippen LogP contribution in [0.4, 0.5) is 27.5 Å². The smallest absolute Gasteiger partial charge is 0.229 e. The van der Waals surface area contributed by atoms with Gasteiger partial charge in [-0.2, -0.15) is 10.1 Å². The van der Waals surface area contributed by atoms with Crippen molar-refractivity contribution in [1.29, 1.82) is 0 Å². The van der Waals surface area contributed by atoms with Crippen molar-refractivity contribution in [3.8, 4) is 5.75 Å². The van der Waals surface area contributed by atoms with E-state index in [0.717, 1.165) is 19.4 Å². The summed E-state index contributed by atoms with van der Waals surface area (Å²) in [5.74, 6) is 1.71. The highest BCUT2D eigenvalue weighted by Gasteiger charge is 2.43. The van der Waals surface area contributed by atoms with Crippen molar-refractivity contribution in [2.75, 3.05) is 49.7 Å². The van der Waals surface area contributed by atoms with Crippen LogP contribution < -0.4 is 25.7 Å². The molecule has 41 heavy (non-hydrogen) atoms. The topological polar surface area (TPSA) is 108 Å². The highest BCUT2D eigenvalue weighted by atomic mass is 19.1. The second-order valence-corrected chi connectivity index (χ2v) is 10.7. The van der Waals surface area contributed by atoms with Gasteiger partial charge in [-0.15, -0.1) is 0 Å². The molecule has 0 saturated carbocycles. The molecule has 2 fully saturated rings. The second kappa shape index (κ2) is 13.5. The lowest BCUT2D eigenvalue weighted by Gasteiger charge is -2.47. The molecule has 0 unspecified atom stereocenters. The molecule has 3 aliphatic heterocycles. The summed E-state index contributed by atoms with van der Waals surface area (Å²) in [5.41, 5.74) is 4.27. The van der Waals surface area contributed by atoms with Gasteiger partial charge in [0.2, 0.25) is 5.95 Å². The molecular weight excluding hydrogens is 527 g/mol. The summed E-state index contributed by atoms with van der Waals surface area (Å²) >= 11 is 0. The van der Waals surface area contributed by atoms with Crippen LogP contribution in [0.2, 0.25) is 0 Å². The maximum atomic E-state index is 14.8. The lowest BCUT2D eigenvalue weighted by atomic mass is 9.84. The minimum atomic E-state index is -0.476. The van der Waals surface area contributed by atoms with E-state index in [2.05, 4.69) is 56.5 Å². The zero-order valence-electron chi connectivity index (χ0n) is 25.0. The number of piperidine rings is 1. The molecule has 1 aromatic carbocycles. The summed E-state index contributed by atoms with van der Waals surface area (Å²) in [6.45, 7) is 14.1. The average molecular weight is 575 g/mol. The number of fused-ring (bicyclic) bond motifs is 1. The van der Waals surface area contributed by atoms with Crippen molar-refractivity contribution in [1.82, 2.24) is 20.3 Å². The molecule has 2 saturated heterocycles. The van der Waals surface area contributed by atoms with Gasteiger partial charge in [-0.25, -0.2) is 9.37 Å². The van der Waals surface area contributed by atoms with E-state index in [0.29, 0.717) is 34.8 Å². The summed E-state index contributed by atoms with van der Waals surface area (Å²) in [6, 6.07) is 6.13.